The summed E-state index contributed by atoms with van der Waals surface area (Å²) in [5, 5.41) is 12.3. The van der Waals surface area contributed by atoms with Crippen LogP contribution in [0.1, 0.15) is 12.8 Å². The summed E-state index contributed by atoms with van der Waals surface area (Å²) in [7, 11) is 1.62. The Bertz CT molecular complexity index is 928. The van der Waals surface area contributed by atoms with E-state index in [2.05, 4.69) is 20.5 Å². The second-order valence-corrected chi connectivity index (χ2v) is 8.21. The van der Waals surface area contributed by atoms with Gasteiger partial charge in [-0.1, -0.05) is 35.3 Å². The standard InChI is InChI=1S/C21H28Cl2N6O4/c1-31-9-10-32-11-12-33-13-17(30)29-7-5-14(6-8-29)25-21-26-20(24)19(27-28-21)15-3-2-4-16(22)18(15)23/h2-4,14H,5-13H2,1H3,(H3,24,25,26,28). The predicted octanol–water partition coefficient (Wildman–Crippen LogP) is 2.51. The van der Waals surface area contributed by atoms with Crippen molar-refractivity contribution < 1.29 is 19.0 Å². The van der Waals surface area contributed by atoms with E-state index < -0.39 is 0 Å². The molecule has 1 amide bonds. The van der Waals surface area contributed by atoms with Gasteiger partial charge in [-0.15, -0.1) is 10.2 Å². The summed E-state index contributed by atoms with van der Waals surface area (Å²) in [6, 6.07) is 5.30. The molecule has 1 aliphatic rings. The molecule has 33 heavy (non-hydrogen) atoms. The number of aromatic nitrogens is 3. The Morgan fingerprint density at radius 2 is 1.88 bits per heavy atom. The molecule has 3 rings (SSSR count). The van der Waals surface area contributed by atoms with E-state index in [1.165, 1.54) is 0 Å². The largest absolute Gasteiger partial charge is 0.382 e. The zero-order valence-electron chi connectivity index (χ0n) is 18.4. The fourth-order valence-electron chi connectivity index (χ4n) is 3.35. The number of carbonyl (C=O) groups excluding carboxylic acids is 1. The van der Waals surface area contributed by atoms with Gasteiger partial charge in [0.25, 0.3) is 0 Å². The molecule has 1 aliphatic heterocycles. The molecule has 0 saturated carbocycles. The van der Waals surface area contributed by atoms with Crippen LogP contribution in [0.4, 0.5) is 11.8 Å². The predicted molar refractivity (Wildman–Crippen MR) is 126 cm³/mol. The van der Waals surface area contributed by atoms with Crippen LogP contribution in [0, 0.1) is 0 Å². The number of likely N-dealkylation sites (tertiary alicyclic amines) is 1. The lowest BCUT2D eigenvalue weighted by Crippen LogP contribution is -2.44. The number of nitrogen functional groups attached to an aromatic ring is 1. The molecule has 10 nitrogen and oxygen atoms in total. The minimum atomic E-state index is -0.0322. The highest BCUT2D eigenvalue weighted by Gasteiger charge is 2.24. The molecule has 180 valence electrons. The number of nitrogens with zero attached hydrogens (tertiary/aromatic N) is 4. The van der Waals surface area contributed by atoms with Gasteiger partial charge >= 0.3 is 0 Å². The Morgan fingerprint density at radius 3 is 2.61 bits per heavy atom. The zero-order valence-corrected chi connectivity index (χ0v) is 19.9. The Labute approximate surface area is 202 Å². The topological polar surface area (TPSA) is 125 Å². The fraction of sp³-hybridized carbons (Fsp3) is 0.524. The van der Waals surface area contributed by atoms with E-state index in [1.54, 1.807) is 30.2 Å². The van der Waals surface area contributed by atoms with Crippen LogP contribution in [0.25, 0.3) is 11.3 Å². The van der Waals surface area contributed by atoms with Gasteiger partial charge in [0.1, 0.15) is 12.3 Å². The number of hydrogen-bond donors (Lipinski definition) is 2. The van der Waals surface area contributed by atoms with Crippen LogP contribution in [-0.2, 0) is 19.0 Å². The first kappa shape index (κ1) is 25.4. The number of methoxy groups -OCH3 is 1. The van der Waals surface area contributed by atoms with Gasteiger partial charge in [-0.2, -0.15) is 4.98 Å². The molecule has 0 aliphatic carbocycles. The number of halogens is 2. The van der Waals surface area contributed by atoms with Gasteiger partial charge in [0.2, 0.25) is 11.9 Å². The van der Waals surface area contributed by atoms with Gasteiger partial charge < -0.3 is 30.2 Å². The van der Waals surface area contributed by atoms with Gasteiger partial charge in [0.15, 0.2) is 5.82 Å². The maximum absolute atomic E-state index is 12.3. The third kappa shape index (κ3) is 7.38. The number of nitrogens with one attached hydrogen (secondary N) is 1. The van der Waals surface area contributed by atoms with Gasteiger partial charge in [0.05, 0.1) is 36.5 Å². The average molecular weight is 499 g/mol. The van der Waals surface area contributed by atoms with Crippen molar-refractivity contribution in [3.8, 4) is 11.3 Å². The maximum atomic E-state index is 12.3. The molecule has 0 atom stereocenters. The van der Waals surface area contributed by atoms with Crippen molar-refractivity contribution in [3.63, 3.8) is 0 Å². The number of benzene rings is 1. The van der Waals surface area contributed by atoms with Gasteiger partial charge in [0, 0.05) is 31.8 Å². The molecule has 2 heterocycles. The Morgan fingerprint density at radius 1 is 1.15 bits per heavy atom. The van der Waals surface area contributed by atoms with E-state index in [-0.39, 0.29) is 24.4 Å². The normalized spacial score (nSPS) is 14.5. The molecule has 0 spiro atoms. The fourth-order valence-corrected chi connectivity index (χ4v) is 3.74. The number of amides is 1. The van der Waals surface area contributed by atoms with Gasteiger partial charge in [-0.05, 0) is 18.9 Å². The van der Waals surface area contributed by atoms with Crippen LogP contribution in [0.3, 0.4) is 0 Å². The SMILES string of the molecule is COCCOCCOCC(=O)N1CCC(Nc2nnc(-c3cccc(Cl)c3Cl)c(N)n2)CC1. The Hall–Kier alpha value is -2.24. The average Bonchev–Trinajstić information content (AvgIpc) is 2.81. The van der Waals surface area contributed by atoms with E-state index in [0.29, 0.717) is 66.8 Å². The van der Waals surface area contributed by atoms with Crippen molar-refractivity contribution in [1.82, 2.24) is 20.1 Å². The lowest BCUT2D eigenvalue weighted by molar-refractivity contribution is -0.137. The van der Waals surface area contributed by atoms with Crippen LogP contribution >= 0.6 is 23.2 Å². The summed E-state index contributed by atoms with van der Waals surface area (Å²) < 4.78 is 15.6. The molecule has 1 saturated heterocycles. The molecule has 0 bridgehead atoms. The monoisotopic (exact) mass is 498 g/mol. The van der Waals surface area contributed by atoms with E-state index in [1.807, 2.05) is 0 Å². The van der Waals surface area contributed by atoms with Crippen molar-refractivity contribution in [1.29, 1.82) is 0 Å². The third-order valence-corrected chi connectivity index (χ3v) is 5.95. The molecular formula is C21H28Cl2N6O4. The summed E-state index contributed by atoms with van der Waals surface area (Å²) in [5.41, 5.74) is 7.04. The van der Waals surface area contributed by atoms with Crippen LogP contribution in [0.15, 0.2) is 18.2 Å². The first-order valence-corrected chi connectivity index (χ1v) is 11.4. The molecule has 3 N–H and O–H groups in total. The summed E-state index contributed by atoms with van der Waals surface area (Å²) in [5.74, 6) is 0.499. The highest BCUT2D eigenvalue weighted by atomic mass is 35.5. The first-order chi connectivity index (χ1) is 16.0. The van der Waals surface area contributed by atoms with E-state index >= 15 is 0 Å². The summed E-state index contributed by atoms with van der Waals surface area (Å²) >= 11 is 12.3. The van der Waals surface area contributed by atoms with E-state index in [4.69, 9.17) is 43.1 Å². The molecular weight excluding hydrogens is 471 g/mol. The maximum Gasteiger partial charge on any atom is 0.248 e. The zero-order chi connectivity index (χ0) is 23.6. The number of nitrogens with two attached hydrogens (primary N) is 1. The molecule has 2 aromatic rings. The smallest absolute Gasteiger partial charge is 0.248 e. The molecule has 1 aromatic carbocycles. The lowest BCUT2D eigenvalue weighted by atomic mass is 10.1. The number of rotatable bonds is 11. The Balaban J connectivity index is 1.43. The molecule has 0 unspecified atom stereocenters. The number of hydrogen-bond acceptors (Lipinski definition) is 9. The molecule has 12 heteroatoms. The molecule has 1 aromatic heterocycles. The van der Waals surface area contributed by atoms with Crippen LogP contribution < -0.4 is 11.1 Å². The number of anilines is 2. The van der Waals surface area contributed by atoms with Crippen molar-refractivity contribution in [2.75, 3.05) is 64.3 Å². The van der Waals surface area contributed by atoms with Crippen molar-refractivity contribution in [2.24, 2.45) is 0 Å². The van der Waals surface area contributed by atoms with Gasteiger partial charge in [-0.3, -0.25) is 4.79 Å². The van der Waals surface area contributed by atoms with Crippen LogP contribution in [-0.4, -0.2) is 85.3 Å². The van der Waals surface area contributed by atoms with E-state index in [0.717, 1.165) is 12.8 Å². The van der Waals surface area contributed by atoms with Crippen molar-refractivity contribution in [3.05, 3.63) is 28.2 Å². The lowest BCUT2D eigenvalue weighted by Gasteiger charge is -2.32. The van der Waals surface area contributed by atoms with Crippen molar-refractivity contribution >= 4 is 40.9 Å². The number of carbonyl (C=O) groups is 1. The highest BCUT2D eigenvalue weighted by molar-refractivity contribution is 6.43. The Kier molecular flexibility index (Phi) is 9.89. The number of ether oxygens (including phenoxy) is 3. The quantitative estimate of drug-likeness (QED) is 0.449. The van der Waals surface area contributed by atoms with Crippen LogP contribution in [0.2, 0.25) is 10.0 Å². The minimum absolute atomic E-state index is 0.0322. The summed E-state index contributed by atoms with van der Waals surface area (Å²) in [4.78, 5) is 18.4. The first-order valence-electron chi connectivity index (χ1n) is 10.6. The van der Waals surface area contributed by atoms with Crippen molar-refractivity contribution in [2.45, 2.75) is 18.9 Å². The second-order valence-electron chi connectivity index (χ2n) is 7.43. The van der Waals surface area contributed by atoms with Gasteiger partial charge in [-0.25, -0.2) is 0 Å². The van der Waals surface area contributed by atoms with Crippen LogP contribution in [0.5, 0.6) is 0 Å². The molecule has 1 fully saturated rings. The minimum Gasteiger partial charge on any atom is -0.382 e. The second kappa shape index (κ2) is 12.9. The summed E-state index contributed by atoms with van der Waals surface area (Å²) in [6.07, 6.45) is 1.49. The molecule has 0 radical (unpaired) electrons. The number of piperidine rings is 1. The summed E-state index contributed by atoms with van der Waals surface area (Å²) in [6.45, 7) is 3.12. The highest BCUT2D eigenvalue weighted by Crippen LogP contribution is 2.34. The third-order valence-electron chi connectivity index (χ3n) is 5.13. The van der Waals surface area contributed by atoms with E-state index in [9.17, 15) is 4.79 Å².